The molecule has 4 aromatic rings. The third kappa shape index (κ3) is 4.42. The van der Waals surface area contributed by atoms with E-state index in [1.54, 1.807) is 18.2 Å². The van der Waals surface area contributed by atoms with Gasteiger partial charge in [0.05, 0.1) is 17.2 Å². The zero-order valence-corrected chi connectivity index (χ0v) is 17.0. The maximum Gasteiger partial charge on any atom is 0.335 e. The molecule has 0 aliphatic rings. The standard InChI is InChI=1S/C26H19N3O3/c27-15-20(18-10-12-19(13-11-18)26(31)32)14-21-16-29(24-9-5-4-8-23(21)24)17-25(30)28-22-6-2-1-3-7-22/h1-14,16H,17H2,(H,28,30)(H,31,32)/b20-14-. The Morgan fingerprint density at radius 1 is 0.938 bits per heavy atom. The lowest BCUT2D eigenvalue weighted by Gasteiger charge is -2.07. The van der Waals surface area contributed by atoms with E-state index < -0.39 is 5.97 Å². The topological polar surface area (TPSA) is 95.1 Å². The van der Waals surface area contributed by atoms with Crippen LogP contribution in [0.3, 0.4) is 0 Å². The second kappa shape index (κ2) is 9.02. The Kier molecular flexibility index (Phi) is 5.82. The molecule has 0 atom stereocenters. The van der Waals surface area contributed by atoms with Crippen LogP contribution in [-0.2, 0) is 11.3 Å². The number of carbonyl (C=O) groups is 2. The van der Waals surface area contributed by atoms with Crippen molar-refractivity contribution in [3.63, 3.8) is 0 Å². The number of aromatic nitrogens is 1. The maximum absolute atomic E-state index is 12.6. The number of carbonyl (C=O) groups excluding carboxylic acids is 1. The molecule has 0 saturated heterocycles. The molecule has 1 aromatic heterocycles. The van der Waals surface area contributed by atoms with E-state index in [4.69, 9.17) is 5.11 Å². The average Bonchev–Trinajstić information content (AvgIpc) is 3.15. The van der Waals surface area contributed by atoms with Crippen LogP contribution in [0, 0.1) is 11.3 Å². The summed E-state index contributed by atoms with van der Waals surface area (Å²) in [4.78, 5) is 23.7. The molecule has 2 N–H and O–H groups in total. The number of amides is 1. The number of anilines is 1. The minimum absolute atomic E-state index is 0.123. The lowest BCUT2D eigenvalue weighted by Crippen LogP contribution is -2.18. The number of nitriles is 1. The van der Waals surface area contributed by atoms with Crippen molar-refractivity contribution < 1.29 is 14.7 Å². The normalized spacial score (nSPS) is 11.2. The van der Waals surface area contributed by atoms with E-state index in [1.807, 2.05) is 65.4 Å². The van der Waals surface area contributed by atoms with E-state index in [9.17, 15) is 14.9 Å². The number of allylic oxidation sites excluding steroid dienone is 1. The highest BCUT2D eigenvalue weighted by atomic mass is 16.4. The van der Waals surface area contributed by atoms with Crippen molar-refractivity contribution in [2.75, 3.05) is 5.32 Å². The van der Waals surface area contributed by atoms with Crippen LogP contribution in [0.5, 0.6) is 0 Å². The second-order valence-electron chi connectivity index (χ2n) is 7.20. The van der Waals surface area contributed by atoms with Gasteiger partial charge in [0.2, 0.25) is 5.91 Å². The molecule has 0 saturated carbocycles. The highest BCUT2D eigenvalue weighted by Crippen LogP contribution is 2.26. The van der Waals surface area contributed by atoms with E-state index >= 15 is 0 Å². The molecule has 1 amide bonds. The predicted octanol–water partition coefficient (Wildman–Crippen LogP) is 5.04. The fraction of sp³-hybridized carbons (Fsp3) is 0.0385. The largest absolute Gasteiger partial charge is 0.478 e. The van der Waals surface area contributed by atoms with Crippen molar-refractivity contribution in [1.82, 2.24) is 4.57 Å². The smallest absolute Gasteiger partial charge is 0.335 e. The third-order valence-corrected chi connectivity index (χ3v) is 5.05. The van der Waals surface area contributed by atoms with Gasteiger partial charge in [0.15, 0.2) is 0 Å². The van der Waals surface area contributed by atoms with Crippen molar-refractivity contribution in [3.05, 3.63) is 102 Å². The highest BCUT2D eigenvalue weighted by molar-refractivity contribution is 5.99. The molecule has 4 rings (SSSR count). The van der Waals surface area contributed by atoms with Crippen LogP contribution in [0.2, 0.25) is 0 Å². The first-order valence-corrected chi connectivity index (χ1v) is 9.93. The SMILES string of the molecule is N#C/C(=C/c1cn(CC(=O)Nc2ccccc2)c2ccccc12)c1ccc(C(=O)O)cc1. The molecule has 32 heavy (non-hydrogen) atoms. The minimum Gasteiger partial charge on any atom is -0.478 e. The van der Waals surface area contributed by atoms with Crippen molar-refractivity contribution >= 4 is 40.1 Å². The molecule has 6 heteroatoms. The van der Waals surface area contributed by atoms with Crippen molar-refractivity contribution in [3.8, 4) is 6.07 Å². The zero-order chi connectivity index (χ0) is 22.5. The van der Waals surface area contributed by atoms with Gasteiger partial charge < -0.3 is 15.0 Å². The molecule has 0 radical (unpaired) electrons. The van der Waals surface area contributed by atoms with Crippen LogP contribution in [0.15, 0.2) is 85.1 Å². The first kappa shape index (κ1) is 20.6. The predicted molar refractivity (Wildman–Crippen MR) is 124 cm³/mol. The molecule has 0 aliphatic heterocycles. The Balaban J connectivity index is 1.66. The highest BCUT2D eigenvalue weighted by Gasteiger charge is 2.12. The summed E-state index contributed by atoms with van der Waals surface area (Å²) < 4.78 is 1.85. The number of benzene rings is 3. The molecule has 0 bridgehead atoms. The van der Waals surface area contributed by atoms with Crippen molar-refractivity contribution in [2.45, 2.75) is 6.54 Å². The fourth-order valence-electron chi connectivity index (χ4n) is 3.53. The van der Waals surface area contributed by atoms with Gasteiger partial charge in [-0.05, 0) is 42.0 Å². The van der Waals surface area contributed by atoms with Crippen LogP contribution in [0.1, 0.15) is 21.5 Å². The number of aromatic carboxylic acids is 1. The molecule has 6 nitrogen and oxygen atoms in total. The monoisotopic (exact) mass is 421 g/mol. The zero-order valence-electron chi connectivity index (χ0n) is 17.0. The molecular formula is C26H19N3O3. The number of fused-ring (bicyclic) bond motifs is 1. The van der Waals surface area contributed by atoms with Crippen LogP contribution in [0.25, 0.3) is 22.6 Å². The lowest BCUT2D eigenvalue weighted by molar-refractivity contribution is -0.116. The molecular weight excluding hydrogens is 402 g/mol. The Morgan fingerprint density at radius 3 is 2.28 bits per heavy atom. The Bertz CT molecular complexity index is 1360. The number of nitrogens with zero attached hydrogens (tertiary/aromatic N) is 2. The molecule has 0 fully saturated rings. The van der Waals surface area contributed by atoms with E-state index in [0.29, 0.717) is 11.1 Å². The lowest BCUT2D eigenvalue weighted by atomic mass is 10.0. The Labute approximate surface area is 184 Å². The van der Waals surface area contributed by atoms with E-state index in [2.05, 4.69) is 11.4 Å². The molecule has 0 spiro atoms. The van der Waals surface area contributed by atoms with Gasteiger partial charge in [0.25, 0.3) is 0 Å². The molecule has 3 aromatic carbocycles. The average molecular weight is 421 g/mol. The summed E-state index contributed by atoms with van der Waals surface area (Å²) in [7, 11) is 0. The van der Waals surface area contributed by atoms with Gasteiger partial charge in [-0.2, -0.15) is 5.26 Å². The van der Waals surface area contributed by atoms with Crippen LogP contribution < -0.4 is 5.32 Å². The number of carboxylic acids is 1. The maximum atomic E-state index is 12.6. The van der Waals surface area contributed by atoms with Gasteiger partial charge in [-0.1, -0.05) is 48.5 Å². The number of para-hydroxylation sites is 2. The first-order chi connectivity index (χ1) is 15.5. The quantitative estimate of drug-likeness (QED) is 0.426. The third-order valence-electron chi connectivity index (χ3n) is 5.05. The van der Waals surface area contributed by atoms with Crippen LogP contribution >= 0.6 is 0 Å². The summed E-state index contributed by atoms with van der Waals surface area (Å²) in [6.45, 7) is 0.123. The minimum atomic E-state index is -1.02. The van der Waals surface area contributed by atoms with E-state index in [1.165, 1.54) is 12.1 Å². The first-order valence-electron chi connectivity index (χ1n) is 9.93. The van der Waals surface area contributed by atoms with Crippen molar-refractivity contribution in [1.29, 1.82) is 5.26 Å². The summed E-state index contributed by atoms with van der Waals surface area (Å²) in [5.41, 5.74) is 3.58. The van der Waals surface area contributed by atoms with Gasteiger partial charge in [0, 0.05) is 28.4 Å². The molecule has 0 aliphatic carbocycles. The number of rotatable bonds is 6. The molecule has 156 valence electrons. The van der Waals surface area contributed by atoms with E-state index in [-0.39, 0.29) is 18.0 Å². The van der Waals surface area contributed by atoms with Crippen LogP contribution in [0.4, 0.5) is 5.69 Å². The number of nitrogens with one attached hydrogen (secondary N) is 1. The molecule has 1 heterocycles. The van der Waals surface area contributed by atoms with Crippen LogP contribution in [-0.4, -0.2) is 21.6 Å². The summed E-state index contributed by atoms with van der Waals surface area (Å²) in [5.74, 6) is -1.17. The Morgan fingerprint density at radius 2 is 1.59 bits per heavy atom. The summed E-state index contributed by atoms with van der Waals surface area (Å²) in [5, 5.41) is 22.6. The number of hydrogen-bond donors (Lipinski definition) is 2. The number of carboxylic acid groups (broad SMARTS) is 1. The van der Waals surface area contributed by atoms with Gasteiger partial charge in [-0.3, -0.25) is 4.79 Å². The summed E-state index contributed by atoms with van der Waals surface area (Å²) in [6.07, 6.45) is 3.60. The second-order valence-corrected chi connectivity index (χ2v) is 7.20. The van der Waals surface area contributed by atoms with Gasteiger partial charge in [-0.25, -0.2) is 4.79 Å². The summed E-state index contributed by atoms with van der Waals surface area (Å²) >= 11 is 0. The van der Waals surface area contributed by atoms with Crippen molar-refractivity contribution in [2.24, 2.45) is 0 Å². The van der Waals surface area contributed by atoms with E-state index in [0.717, 1.165) is 22.2 Å². The number of hydrogen-bond acceptors (Lipinski definition) is 3. The Hall–Kier alpha value is -4.63. The van der Waals surface area contributed by atoms with Gasteiger partial charge >= 0.3 is 5.97 Å². The molecule has 0 unspecified atom stereocenters. The fourth-order valence-corrected chi connectivity index (χ4v) is 3.53. The van der Waals surface area contributed by atoms with Gasteiger partial charge in [-0.15, -0.1) is 0 Å². The summed E-state index contributed by atoms with van der Waals surface area (Å²) in [6, 6.07) is 25.3. The van der Waals surface area contributed by atoms with Gasteiger partial charge in [0.1, 0.15) is 6.54 Å².